The maximum absolute atomic E-state index is 5.86. The van der Waals surface area contributed by atoms with Gasteiger partial charge in [-0.05, 0) is 26.7 Å². The Balaban J connectivity index is 3.35. The first kappa shape index (κ1) is 11.9. The summed E-state index contributed by atoms with van der Waals surface area (Å²) in [6.45, 7) is 5.52. The zero-order chi connectivity index (χ0) is 9.40. The van der Waals surface area contributed by atoms with E-state index in [0.717, 1.165) is 26.1 Å². The van der Waals surface area contributed by atoms with Gasteiger partial charge in [-0.25, -0.2) is 0 Å². The van der Waals surface area contributed by atoms with Gasteiger partial charge in [0.15, 0.2) is 0 Å². The summed E-state index contributed by atoms with van der Waals surface area (Å²) in [5.74, 6) is 0. The molecule has 0 radical (unpaired) electrons. The van der Waals surface area contributed by atoms with Crippen molar-refractivity contribution < 1.29 is 9.47 Å². The lowest BCUT2D eigenvalue weighted by atomic mass is 10.1. The van der Waals surface area contributed by atoms with E-state index in [4.69, 9.17) is 15.2 Å². The highest BCUT2D eigenvalue weighted by Crippen LogP contribution is 2.03. The van der Waals surface area contributed by atoms with E-state index in [1.165, 1.54) is 0 Å². The molecule has 3 heteroatoms. The number of hydrogen-bond acceptors (Lipinski definition) is 3. The van der Waals surface area contributed by atoms with Crippen molar-refractivity contribution in [2.75, 3.05) is 20.3 Å². The molecule has 0 saturated heterocycles. The van der Waals surface area contributed by atoms with Gasteiger partial charge in [0.25, 0.3) is 0 Å². The molecular weight excluding hydrogens is 154 g/mol. The van der Waals surface area contributed by atoms with Gasteiger partial charge in [-0.3, -0.25) is 0 Å². The smallest absolute Gasteiger partial charge is 0.0697 e. The summed E-state index contributed by atoms with van der Waals surface area (Å²) >= 11 is 0. The van der Waals surface area contributed by atoms with Crippen molar-refractivity contribution in [2.45, 2.75) is 38.8 Å². The molecule has 0 saturated carbocycles. The summed E-state index contributed by atoms with van der Waals surface area (Å²) in [6.07, 6.45) is 2.14. The molecule has 0 aromatic rings. The second kappa shape index (κ2) is 7.53. The van der Waals surface area contributed by atoms with Gasteiger partial charge >= 0.3 is 0 Å². The number of methoxy groups -OCH3 is 1. The maximum atomic E-state index is 5.86. The Morgan fingerprint density at radius 1 is 1.42 bits per heavy atom. The van der Waals surface area contributed by atoms with Crippen LogP contribution in [0.15, 0.2) is 0 Å². The topological polar surface area (TPSA) is 44.5 Å². The number of rotatable bonds is 7. The summed E-state index contributed by atoms with van der Waals surface area (Å²) in [5.41, 5.74) is 5.86. The molecule has 0 bridgehead atoms. The van der Waals surface area contributed by atoms with Gasteiger partial charge in [0.1, 0.15) is 0 Å². The highest BCUT2D eigenvalue weighted by atomic mass is 16.5. The van der Waals surface area contributed by atoms with Crippen molar-refractivity contribution in [3.8, 4) is 0 Å². The van der Waals surface area contributed by atoms with E-state index in [1.54, 1.807) is 7.11 Å². The molecule has 0 aromatic carbocycles. The predicted molar refractivity (Wildman–Crippen MR) is 50.2 cm³/mol. The molecule has 0 spiro atoms. The normalized spacial score (nSPS) is 16.0. The molecule has 12 heavy (non-hydrogen) atoms. The van der Waals surface area contributed by atoms with E-state index in [0.29, 0.717) is 0 Å². The second-order valence-corrected chi connectivity index (χ2v) is 2.96. The molecule has 2 N–H and O–H groups in total. The molecule has 74 valence electrons. The first-order valence-electron chi connectivity index (χ1n) is 4.58. The first-order valence-corrected chi connectivity index (χ1v) is 4.58. The lowest BCUT2D eigenvalue weighted by Gasteiger charge is -2.19. The van der Waals surface area contributed by atoms with Crippen molar-refractivity contribution in [1.82, 2.24) is 0 Å². The highest BCUT2D eigenvalue weighted by Gasteiger charge is 2.11. The Labute approximate surface area is 75.2 Å². The molecule has 3 nitrogen and oxygen atoms in total. The van der Waals surface area contributed by atoms with Crippen LogP contribution in [0, 0.1) is 0 Å². The standard InChI is InChI=1S/C9H21NO2/c1-4-12-8(2)9(10)6-5-7-11-3/h8-9H,4-7,10H2,1-3H3. The number of ether oxygens (including phenoxy) is 2. The van der Waals surface area contributed by atoms with Crippen molar-refractivity contribution in [2.24, 2.45) is 5.73 Å². The summed E-state index contributed by atoms with van der Waals surface area (Å²) in [4.78, 5) is 0. The van der Waals surface area contributed by atoms with Crippen molar-refractivity contribution >= 4 is 0 Å². The van der Waals surface area contributed by atoms with E-state index in [2.05, 4.69) is 0 Å². The van der Waals surface area contributed by atoms with Crippen LogP contribution in [0.2, 0.25) is 0 Å². The van der Waals surface area contributed by atoms with Gasteiger partial charge < -0.3 is 15.2 Å². The third-order valence-corrected chi connectivity index (χ3v) is 1.92. The van der Waals surface area contributed by atoms with Crippen LogP contribution >= 0.6 is 0 Å². The van der Waals surface area contributed by atoms with Gasteiger partial charge in [0.05, 0.1) is 6.10 Å². The molecule has 0 heterocycles. The van der Waals surface area contributed by atoms with E-state index in [-0.39, 0.29) is 12.1 Å². The Morgan fingerprint density at radius 3 is 2.58 bits per heavy atom. The largest absolute Gasteiger partial charge is 0.385 e. The fourth-order valence-electron chi connectivity index (χ4n) is 1.08. The third kappa shape index (κ3) is 5.52. The minimum absolute atomic E-state index is 0.139. The fraction of sp³-hybridized carbons (Fsp3) is 1.00. The Kier molecular flexibility index (Phi) is 7.45. The van der Waals surface area contributed by atoms with Crippen LogP contribution in [0.4, 0.5) is 0 Å². The molecule has 0 aliphatic heterocycles. The average molecular weight is 175 g/mol. The van der Waals surface area contributed by atoms with Gasteiger partial charge in [-0.2, -0.15) is 0 Å². The Morgan fingerprint density at radius 2 is 2.08 bits per heavy atom. The molecule has 2 unspecified atom stereocenters. The van der Waals surface area contributed by atoms with Gasteiger partial charge in [-0.15, -0.1) is 0 Å². The zero-order valence-corrected chi connectivity index (χ0v) is 8.38. The predicted octanol–water partition coefficient (Wildman–Crippen LogP) is 1.17. The Bertz CT molecular complexity index is 98.5. The van der Waals surface area contributed by atoms with E-state index >= 15 is 0 Å². The van der Waals surface area contributed by atoms with Crippen LogP contribution in [0.25, 0.3) is 0 Å². The van der Waals surface area contributed by atoms with Crippen LogP contribution < -0.4 is 5.73 Å². The molecule has 0 aromatic heterocycles. The van der Waals surface area contributed by atoms with Crippen LogP contribution in [0.1, 0.15) is 26.7 Å². The van der Waals surface area contributed by atoms with E-state index in [1.807, 2.05) is 13.8 Å². The first-order chi connectivity index (χ1) is 5.72. The van der Waals surface area contributed by atoms with Gasteiger partial charge in [-0.1, -0.05) is 0 Å². The fourth-order valence-corrected chi connectivity index (χ4v) is 1.08. The van der Waals surface area contributed by atoms with Gasteiger partial charge in [0.2, 0.25) is 0 Å². The van der Waals surface area contributed by atoms with Crippen LogP contribution in [0.5, 0.6) is 0 Å². The quantitative estimate of drug-likeness (QED) is 0.591. The minimum atomic E-state index is 0.139. The lowest BCUT2D eigenvalue weighted by molar-refractivity contribution is 0.0530. The monoisotopic (exact) mass is 175 g/mol. The number of nitrogens with two attached hydrogens (primary N) is 1. The van der Waals surface area contributed by atoms with Crippen LogP contribution in [-0.2, 0) is 9.47 Å². The molecule has 0 fully saturated rings. The summed E-state index contributed by atoms with van der Waals surface area (Å²) in [6, 6.07) is 0.139. The van der Waals surface area contributed by atoms with Crippen LogP contribution in [0.3, 0.4) is 0 Å². The SMILES string of the molecule is CCOC(C)C(N)CCCOC. The summed E-state index contributed by atoms with van der Waals surface area (Å²) < 4.78 is 10.3. The molecule has 2 atom stereocenters. The molecule has 0 amide bonds. The molecular formula is C9H21NO2. The zero-order valence-electron chi connectivity index (χ0n) is 8.38. The highest BCUT2D eigenvalue weighted by molar-refractivity contribution is 4.68. The Hall–Kier alpha value is -0.120. The number of hydrogen-bond donors (Lipinski definition) is 1. The van der Waals surface area contributed by atoms with Crippen molar-refractivity contribution in [3.05, 3.63) is 0 Å². The summed E-state index contributed by atoms with van der Waals surface area (Å²) in [5, 5.41) is 0. The lowest BCUT2D eigenvalue weighted by Crippen LogP contribution is -2.34. The minimum Gasteiger partial charge on any atom is -0.385 e. The molecule has 0 rings (SSSR count). The van der Waals surface area contributed by atoms with E-state index < -0.39 is 0 Å². The van der Waals surface area contributed by atoms with Crippen LogP contribution in [-0.4, -0.2) is 32.5 Å². The second-order valence-electron chi connectivity index (χ2n) is 2.96. The van der Waals surface area contributed by atoms with E-state index in [9.17, 15) is 0 Å². The summed E-state index contributed by atoms with van der Waals surface area (Å²) in [7, 11) is 1.71. The van der Waals surface area contributed by atoms with Crippen molar-refractivity contribution in [1.29, 1.82) is 0 Å². The maximum Gasteiger partial charge on any atom is 0.0697 e. The van der Waals surface area contributed by atoms with Crippen molar-refractivity contribution in [3.63, 3.8) is 0 Å². The van der Waals surface area contributed by atoms with Gasteiger partial charge in [0, 0.05) is 26.4 Å². The third-order valence-electron chi connectivity index (χ3n) is 1.92. The molecule has 0 aliphatic carbocycles. The molecule has 0 aliphatic rings. The average Bonchev–Trinajstić information content (AvgIpc) is 2.05.